The summed E-state index contributed by atoms with van der Waals surface area (Å²) in [5, 5.41) is 9.66. The Kier molecular flexibility index (Phi) is 4.66. The van der Waals surface area contributed by atoms with E-state index in [1.807, 2.05) is 0 Å². The Hall–Kier alpha value is -0.430. The lowest BCUT2D eigenvalue weighted by molar-refractivity contribution is 0.0885. The highest BCUT2D eigenvalue weighted by Gasteiger charge is 2.32. The van der Waals surface area contributed by atoms with E-state index >= 15 is 0 Å². The van der Waals surface area contributed by atoms with Crippen LogP contribution in [0, 0.1) is 5.92 Å². The van der Waals surface area contributed by atoms with Gasteiger partial charge in [-0.2, -0.15) is 4.31 Å². The summed E-state index contributed by atoms with van der Waals surface area (Å²) in [4.78, 5) is 0.293. The van der Waals surface area contributed by atoms with Gasteiger partial charge in [-0.1, -0.05) is 12.1 Å². The molecule has 0 aliphatic carbocycles. The minimum atomic E-state index is -3.48. The Morgan fingerprint density at radius 3 is 2.74 bits per heavy atom. The van der Waals surface area contributed by atoms with E-state index in [2.05, 4.69) is 15.9 Å². The number of rotatable bonds is 3. The predicted octanol–water partition coefficient (Wildman–Crippen LogP) is 2.23. The second-order valence-electron chi connectivity index (χ2n) is 4.94. The summed E-state index contributed by atoms with van der Waals surface area (Å²) >= 11 is 3.29. The van der Waals surface area contributed by atoms with Crippen LogP contribution in [-0.2, 0) is 10.0 Å². The highest BCUT2D eigenvalue weighted by atomic mass is 79.9. The number of aliphatic hydroxyl groups is 1. The summed E-state index contributed by atoms with van der Waals surface area (Å²) in [6.07, 6.45) is 1.19. The minimum absolute atomic E-state index is 0.0195. The van der Waals surface area contributed by atoms with Crippen molar-refractivity contribution in [2.45, 2.75) is 30.8 Å². The standard InChI is InChI=1S/C13H18BrNO3S/c1-10(16)11-5-4-8-15(9-11)19(17,18)13-7-3-2-6-12(13)14/h2-3,6-7,10-11,16H,4-5,8-9H2,1H3. The molecule has 2 rings (SSSR count). The molecule has 2 atom stereocenters. The van der Waals surface area contributed by atoms with E-state index in [4.69, 9.17) is 0 Å². The van der Waals surface area contributed by atoms with E-state index in [9.17, 15) is 13.5 Å². The average Bonchev–Trinajstić information content (AvgIpc) is 2.39. The average molecular weight is 348 g/mol. The molecule has 19 heavy (non-hydrogen) atoms. The van der Waals surface area contributed by atoms with Gasteiger partial charge < -0.3 is 5.11 Å². The summed E-state index contributed by atoms with van der Waals surface area (Å²) < 4.78 is 27.2. The third kappa shape index (κ3) is 3.18. The van der Waals surface area contributed by atoms with Gasteiger partial charge in [-0.05, 0) is 53.7 Å². The van der Waals surface area contributed by atoms with Crippen molar-refractivity contribution in [1.29, 1.82) is 0 Å². The quantitative estimate of drug-likeness (QED) is 0.911. The van der Waals surface area contributed by atoms with Crippen molar-refractivity contribution < 1.29 is 13.5 Å². The SMILES string of the molecule is CC(O)C1CCCN(S(=O)(=O)c2ccccc2Br)C1. The van der Waals surface area contributed by atoms with E-state index in [0.29, 0.717) is 22.5 Å². The maximum Gasteiger partial charge on any atom is 0.244 e. The van der Waals surface area contributed by atoms with Gasteiger partial charge in [-0.25, -0.2) is 8.42 Å². The molecule has 1 aromatic rings. The van der Waals surface area contributed by atoms with Crippen molar-refractivity contribution in [2.24, 2.45) is 5.92 Å². The number of nitrogens with zero attached hydrogens (tertiary/aromatic N) is 1. The molecule has 0 amide bonds. The molecule has 0 aromatic heterocycles. The van der Waals surface area contributed by atoms with Gasteiger partial charge in [0.15, 0.2) is 0 Å². The number of aliphatic hydroxyl groups excluding tert-OH is 1. The second-order valence-corrected chi connectivity index (χ2v) is 7.70. The van der Waals surface area contributed by atoms with Crippen molar-refractivity contribution in [2.75, 3.05) is 13.1 Å². The first-order valence-electron chi connectivity index (χ1n) is 6.35. The third-order valence-corrected chi connectivity index (χ3v) is 6.43. The van der Waals surface area contributed by atoms with Gasteiger partial charge in [0.1, 0.15) is 0 Å². The molecule has 1 aliphatic heterocycles. The molecule has 0 saturated carbocycles. The first-order chi connectivity index (χ1) is 8.93. The zero-order valence-corrected chi connectivity index (χ0v) is 13.2. The summed E-state index contributed by atoms with van der Waals surface area (Å²) in [6, 6.07) is 6.83. The van der Waals surface area contributed by atoms with E-state index in [-0.39, 0.29) is 5.92 Å². The predicted molar refractivity (Wildman–Crippen MR) is 77.3 cm³/mol. The van der Waals surface area contributed by atoms with E-state index in [0.717, 1.165) is 12.8 Å². The topological polar surface area (TPSA) is 57.6 Å². The lowest BCUT2D eigenvalue weighted by Gasteiger charge is -2.33. The van der Waals surface area contributed by atoms with Crippen LogP contribution in [0.2, 0.25) is 0 Å². The fraction of sp³-hybridized carbons (Fsp3) is 0.538. The summed E-state index contributed by atoms with van der Waals surface area (Å²) in [6.45, 7) is 2.63. The molecule has 4 nitrogen and oxygen atoms in total. The van der Waals surface area contributed by atoms with Crippen molar-refractivity contribution in [3.8, 4) is 0 Å². The molecular weight excluding hydrogens is 330 g/mol. The van der Waals surface area contributed by atoms with Gasteiger partial charge in [0.2, 0.25) is 10.0 Å². The third-order valence-electron chi connectivity index (χ3n) is 3.56. The first-order valence-corrected chi connectivity index (χ1v) is 8.59. The van der Waals surface area contributed by atoms with Crippen LogP contribution in [0.1, 0.15) is 19.8 Å². The summed E-state index contributed by atoms with van der Waals surface area (Å²) in [7, 11) is -3.48. The van der Waals surface area contributed by atoms with E-state index in [1.165, 1.54) is 4.31 Å². The molecule has 1 N–H and O–H groups in total. The fourth-order valence-electron chi connectivity index (χ4n) is 2.38. The number of halogens is 1. The lowest BCUT2D eigenvalue weighted by atomic mass is 9.95. The van der Waals surface area contributed by atoms with Crippen LogP contribution >= 0.6 is 15.9 Å². The summed E-state index contributed by atoms with van der Waals surface area (Å²) in [5.74, 6) is 0.0195. The van der Waals surface area contributed by atoms with Crippen LogP contribution in [0.3, 0.4) is 0 Å². The number of hydrogen-bond donors (Lipinski definition) is 1. The maximum atomic E-state index is 12.6. The van der Waals surface area contributed by atoms with Crippen LogP contribution in [0.15, 0.2) is 33.6 Å². The van der Waals surface area contributed by atoms with Crippen molar-refractivity contribution in [3.05, 3.63) is 28.7 Å². The van der Waals surface area contributed by atoms with Crippen molar-refractivity contribution in [1.82, 2.24) is 4.31 Å². The minimum Gasteiger partial charge on any atom is -0.393 e. The Morgan fingerprint density at radius 1 is 1.42 bits per heavy atom. The van der Waals surface area contributed by atoms with Crippen LogP contribution in [0.25, 0.3) is 0 Å². The number of piperidine rings is 1. The van der Waals surface area contributed by atoms with Gasteiger partial charge in [0.25, 0.3) is 0 Å². The Balaban J connectivity index is 2.28. The maximum absolute atomic E-state index is 12.6. The molecule has 0 radical (unpaired) electrons. The Labute approximate surface area is 122 Å². The van der Waals surface area contributed by atoms with E-state index < -0.39 is 16.1 Å². The molecule has 1 aromatic carbocycles. The van der Waals surface area contributed by atoms with Gasteiger partial charge in [-0.3, -0.25) is 0 Å². The normalized spacial score (nSPS) is 23.2. The van der Waals surface area contributed by atoms with Gasteiger partial charge in [0.05, 0.1) is 11.0 Å². The van der Waals surface area contributed by atoms with E-state index in [1.54, 1.807) is 31.2 Å². The first kappa shape index (κ1) is 15.0. The van der Waals surface area contributed by atoms with Crippen molar-refractivity contribution >= 4 is 26.0 Å². The zero-order valence-electron chi connectivity index (χ0n) is 10.8. The summed E-state index contributed by atoms with van der Waals surface area (Å²) in [5.41, 5.74) is 0. The smallest absolute Gasteiger partial charge is 0.244 e. The highest BCUT2D eigenvalue weighted by Crippen LogP contribution is 2.29. The van der Waals surface area contributed by atoms with Gasteiger partial charge in [0, 0.05) is 17.6 Å². The molecule has 1 fully saturated rings. The van der Waals surface area contributed by atoms with Crippen LogP contribution < -0.4 is 0 Å². The van der Waals surface area contributed by atoms with Crippen LogP contribution in [-0.4, -0.2) is 37.0 Å². The van der Waals surface area contributed by atoms with Gasteiger partial charge in [-0.15, -0.1) is 0 Å². The molecule has 6 heteroatoms. The Morgan fingerprint density at radius 2 is 2.11 bits per heavy atom. The molecule has 0 bridgehead atoms. The fourth-order valence-corrected chi connectivity index (χ4v) is 4.88. The highest BCUT2D eigenvalue weighted by molar-refractivity contribution is 9.10. The van der Waals surface area contributed by atoms with Crippen molar-refractivity contribution in [3.63, 3.8) is 0 Å². The second kappa shape index (κ2) is 5.91. The van der Waals surface area contributed by atoms with Crippen LogP contribution in [0.5, 0.6) is 0 Å². The molecule has 2 unspecified atom stereocenters. The molecule has 0 spiro atoms. The molecule has 1 heterocycles. The van der Waals surface area contributed by atoms with Crippen LogP contribution in [0.4, 0.5) is 0 Å². The molecular formula is C13H18BrNO3S. The molecule has 106 valence electrons. The molecule has 1 aliphatic rings. The van der Waals surface area contributed by atoms with Gasteiger partial charge >= 0.3 is 0 Å². The number of sulfonamides is 1. The molecule has 1 saturated heterocycles. The monoisotopic (exact) mass is 347 g/mol. The largest absolute Gasteiger partial charge is 0.393 e. The Bertz CT molecular complexity index is 545. The number of hydrogen-bond acceptors (Lipinski definition) is 3. The zero-order chi connectivity index (χ0) is 14.0. The lowest BCUT2D eigenvalue weighted by Crippen LogP contribution is -2.42. The number of benzene rings is 1.